The lowest BCUT2D eigenvalue weighted by atomic mass is 10.1. The molecular formula is C13H12N2O4. The summed E-state index contributed by atoms with van der Waals surface area (Å²) in [5.41, 5.74) is 0.0962. The van der Waals surface area contributed by atoms with Crippen molar-refractivity contribution in [2.75, 3.05) is 18.6 Å². The van der Waals surface area contributed by atoms with Gasteiger partial charge in [0.1, 0.15) is 11.4 Å². The van der Waals surface area contributed by atoms with Crippen molar-refractivity contribution in [3.05, 3.63) is 28.3 Å². The van der Waals surface area contributed by atoms with Gasteiger partial charge in [-0.3, -0.25) is 14.9 Å². The maximum atomic E-state index is 11.9. The van der Waals surface area contributed by atoms with E-state index in [0.29, 0.717) is 12.3 Å². The number of ether oxygens (including phenoxy) is 1. The van der Waals surface area contributed by atoms with Gasteiger partial charge in [-0.2, -0.15) is 0 Å². The minimum absolute atomic E-state index is 0.133. The SMILES string of the molecule is C#CC1CC(=O)N(c2cc(OC)ccc2[N+](=O)[O-])C1. The van der Waals surface area contributed by atoms with E-state index in [0.717, 1.165) is 0 Å². The third-order valence-electron chi connectivity index (χ3n) is 3.03. The molecule has 1 atom stereocenters. The van der Waals surface area contributed by atoms with Gasteiger partial charge in [0.2, 0.25) is 5.91 Å². The molecular weight excluding hydrogens is 248 g/mol. The highest BCUT2D eigenvalue weighted by Crippen LogP contribution is 2.35. The van der Waals surface area contributed by atoms with Crippen LogP contribution in [-0.4, -0.2) is 24.5 Å². The van der Waals surface area contributed by atoms with Crippen LogP contribution in [0.4, 0.5) is 11.4 Å². The van der Waals surface area contributed by atoms with Gasteiger partial charge in [0.05, 0.1) is 12.0 Å². The average Bonchev–Trinajstić information content (AvgIpc) is 2.79. The normalized spacial score (nSPS) is 18.2. The lowest BCUT2D eigenvalue weighted by Crippen LogP contribution is -2.25. The lowest BCUT2D eigenvalue weighted by Gasteiger charge is -2.16. The molecule has 1 aliphatic heterocycles. The highest BCUT2D eigenvalue weighted by molar-refractivity contribution is 5.98. The van der Waals surface area contributed by atoms with Gasteiger partial charge in [-0.25, -0.2) is 0 Å². The number of methoxy groups -OCH3 is 1. The van der Waals surface area contributed by atoms with Crippen molar-refractivity contribution in [3.63, 3.8) is 0 Å². The Morgan fingerprint density at radius 2 is 2.32 bits per heavy atom. The molecule has 0 radical (unpaired) electrons. The average molecular weight is 260 g/mol. The topological polar surface area (TPSA) is 72.7 Å². The van der Waals surface area contributed by atoms with Crippen LogP contribution >= 0.6 is 0 Å². The molecule has 1 aliphatic rings. The van der Waals surface area contributed by atoms with E-state index in [4.69, 9.17) is 11.2 Å². The molecule has 0 N–H and O–H groups in total. The Kier molecular flexibility index (Phi) is 3.38. The highest BCUT2D eigenvalue weighted by atomic mass is 16.6. The molecule has 0 bridgehead atoms. The third-order valence-corrected chi connectivity index (χ3v) is 3.03. The molecule has 1 aromatic rings. The first-order valence-electron chi connectivity index (χ1n) is 5.65. The van der Waals surface area contributed by atoms with E-state index in [1.165, 1.54) is 30.2 Å². The summed E-state index contributed by atoms with van der Waals surface area (Å²) in [7, 11) is 1.46. The molecule has 1 saturated heterocycles. The van der Waals surface area contributed by atoms with Crippen molar-refractivity contribution in [2.45, 2.75) is 6.42 Å². The summed E-state index contributed by atoms with van der Waals surface area (Å²) >= 11 is 0. The van der Waals surface area contributed by atoms with Crippen LogP contribution in [0, 0.1) is 28.4 Å². The van der Waals surface area contributed by atoms with Crippen LogP contribution in [0.5, 0.6) is 5.75 Å². The fourth-order valence-electron chi connectivity index (χ4n) is 2.05. The minimum Gasteiger partial charge on any atom is -0.497 e. The summed E-state index contributed by atoms with van der Waals surface area (Å²) in [6, 6.07) is 4.29. The Bertz CT molecular complexity index is 576. The van der Waals surface area contributed by atoms with Gasteiger partial charge in [0, 0.05) is 31.0 Å². The van der Waals surface area contributed by atoms with Crippen molar-refractivity contribution in [2.24, 2.45) is 5.92 Å². The Morgan fingerprint density at radius 1 is 1.58 bits per heavy atom. The van der Waals surface area contributed by atoms with Crippen molar-refractivity contribution < 1.29 is 14.5 Å². The van der Waals surface area contributed by atoms with Crippen LogP contribution < -0.4 is 9.64 Å². The molecule has 1 aromatic carbocycles. The van der Waals surface area contributed by atoms with E-state index in [-0.39, 0.29) is 29.6 Å². The van der Waals surface area contributed by atoms with Crippen molar-refractivity contribution >= 4 is 17.3 Å². The Morgan fingerprint density at radius 3 is 2.84 bits per heavy atom. The first-order chi connectivity index (χ1) is 9.06. The van der Waals surface area contributed by atoms with E-state index in [9.17, 15) is 14.9 Å². The zero-order valence-electron chi connectivity index (χ0n) is 10.3. The number of rotatable bonds is 3. The van der Waals surface area contributed by atoms with E-state index >= 15 is 0 Å². The molecule has 6 nitrogen and oxygen atoms in total. The van der Waals surface area contributed by atoms with Crippen LogP contribution in [0.15, 0.2) is 18.2 Å². The molecule has 0 spiro atoms. The number of nitrogens with zero attached hydrogens (tertiary/aromatic N) is 2. The molecule has 1 amide bonds. The number of nitro groups is 1. The number of terminal acetylenes is 1. The van der Waals surface area contributed by atoms with Crippen molar-refractivity contribution in [1.29, 1.82) is 0 Å². The maximum Gasteiger partial charge on any atom is 0.293 e. The van der Waals surface area contributed by atoms with E-state index < -0.39 is 4.92 Å². The highest BCUT2D eigenvalue weighted by Gasteiger charge is 2.33. The predicted octanol–water partition coefficient (Wildman–Crippen LogP) is 1.59. The summed E-state index contributed by atoms with van der Waals surface area (Å²) in [5.74, 6) is 2.54. The Hall–Kier alpha value is -2.55. The molecule has 1 fully saturated rings. The molecule has 98 valence electrons. The van der Waals surface area contributed by atoms with Crippen LogP contribution in [0.2, 0.25) is 0 Å². The van der Waals surface area contributed by atoms with Gasteiger partial charge in [-0.15, -0.1) is 12.3 Å². The number of amides is 1. The van der Waals surface area contributed by atoms with Gasteiger partial charge in [-0.05, 0) is 6.07 Å². The summed E-state index contributed by atoms with van der Waals surface area (Å²) in [6.07, 6.45) is 5.52. The summed E-state index contributed by atoms with van der Waals surface area (Å²) in [5, 5.41) is 11.0. The smallest absolute Gasteiger partial charge is 0.293 e. The fraction of sp³-hybridized carbons (Fsp3) is 0.308. The van der Waals surface area contributed by atoms with Crippen molar-refractivity contribution in [3.8, 4) is 18.1 Å². The largest absolute Gasteiger partial charge is 0.497 e. The number of nitro benzene ring substituents is 1. The molecule has 0 aromatic heterocycles. The molecule has 1 heterocycles. The van der Waals surface area contributed by atoms with Gasteiger partial charge in [0.15, 0.2) is 0 Å². The second-order valence-corrected chi connectivity index (χ2v) is 4.18. The minimum atomic E-state index is -0.523. The van der Waals surface area contributed by atoms with Gasteiger partial charge in [0.25, 0.3) is 5.69 Å². The second kappa shape index (κ2) is 4.98. The first kappa shape index (κ1) is 12.9. The third kappa shape index (κ3) is 2.36. The van der Waals surface area contributed by atoms with Gasteiger partial charge >= 0.3 is 0 Å². The van der Waals surface area contributed by atoms with Gasteiger partial charge in [-0.1, -0.05) is 0 Å². The lowest BCUT2D eigenvalue weighted by molar-refractivity contribution is -0.384. The number of hydrogen-bond donors (Lipinski definition) is 0. The van der Waals surface area contributed by atoms with E-state index in [2.05, 4.69) is 5.92 Å². The number of anilines is 1. The second-order valence-electron chi connectivity index (χ2n) is 4.18. The predicted molar refractivity (Wildman–Crippen MR) is 68.9 cm³/mol. The van der Waals surface area contributed by atoms with E-state index in [1.807, 2.05) is 0 Å². The summed E-state index contributed by atoms with van der Waals surface area (Å²) in [6.45, 7) is 0.295. The Balaban J connectivity index is 2.45. The quantitative estimate of drug-likeness (QED) is 0.470. The van der Waals surface area contributed by atoms with Crippen LogP contribution in [0.3, 0.4) is 0 Å². The fourth-order valence-corrected chi connectivity index (χ4v) is 2.05. The molecule has 2 rings (SSSR count). The first-order valence-corrected chi connectivity index (χ1v) is 5.65. The number of carbonyl (C=O) groups excluding carboxylic acids is 1. The van der Waals surface area contributed by atoms with Gasteiger partial charge < -0.3 is 9.64 Å². The maximum absolute atomic E-state index is 11.9. The molecule has 1 unspecified atom stereocenters. The monoisotopic (exact) mass is 260 g/mol. The molecule has 0 saturated carbocycles. The standard InChI is InChI=1S/C13H12N2O4/c1-3-9-6-13(16)14(8-9)12-7-10(19-2)4-5-11(12)15(17)18/h1,4-5,7,9H,6,8H2,2H3. The van der Waals surface area contributed by atoms with Crippen LogP contribution in [-0.2, 0) is 4.79 Å². The zero-order chi connectivity index (χ0) is 14.0. The zero-order valence-corrected chi connectivity index (χ0v) is 10.3. The molecule has 19 heavy (non-hydrogen) atoms. The summed E-state index contributed by atoms with van der Waals surface area (Å²) < 4.78 is 5.04. The van der Waals surface area contributed by atoms with E-state index in [1.54, 1.807) is 0 Å². The number of hydrogen-bond acceptors (Lipinski definition) is 4. The van der Waals surface area contributed by atoms with Crippen LogP contribution in [0.25, 0.3) is 0 Å². The molecule has 0 aliphatic carbocycles. The summed E-state index contributed by atoms with van der Waals surface area (Å²) in [4.78, 5) is 23.7. The van der Waals surface area contributed by atoms with Crippen LogP contribution in [0.1, 0.15) is 6.42 Å². The van der Waals surface area contributed by atoms with Crippen molar-refractivity contribution in [1.82, 2.24) is 0 Å². The number of benzene rings is 1. The molecule has 6 heteroatoms. The number of carbonyl (C=O) groups is 1. The Labute approximate surface area is 110 Å².